The molecule has 0 saturated carbocycles. The number of urea groups is 1. The van der Waals surface area contributed by atoms with Crippen LogP contribution in [0.2, 0.25) is 0 Å². The highest BCUT2D eigenvalue weighted by atomic mass is 32.2. The number of amides is 2. The van der Waals surface area contributed by atoms with Crippen molar-refractivity contribution in [2.45, 2.75) is 18.9 Å². The summed E-state index contributed by atoms with van der Waals surface area (Å²) >= 11 is 3.38. The molecule has 1 aromatic rings. The van der Waals surface area contributed by atoms with E-state index in [0.717, 1.165) is 12.2 Å². The number of carbonyl (C=O) groups excluding carboxylic acids is 1. The van der Waals surface area contributed by atoms with Crippen LogP contribution in [0.5, 0.6) is 0 Å². The maximum Gasteiger partial charge on any atom is 0.317 e. The molecule has 1 fully saturated rings. The normalized spacial score (nSPS) is 18.8. The summed E-state index contributed by atoms with van der Waals surface area (Å²) in [5, 5.41) is 13.8. The van der Waals surface area contributed by atoms with Crippen molar-refractivity contribution < 1.29 is 14.7 Å². The molecule has 1 atom stereocenters. The Morgan fingerprint density at radius 1 is 1.50 bits per heavy atom. The van der Waals surface area contributed by atoms with Gasteiger partial charge in [0.05, 0.1) is 12.5 Å². The number of thioether (sulfide) groups is 1. The van der Waals surface area contributed by atoms with Gasteiger partial charge in [0.15, 0.2) is 0 Å². The molecule has 110 valence electrons. The molecule has 20 heavy (non-hydrogen) atoms. The Kier molecular flexibility index (Phi) is 5.72. The minimum absolute atomic E-state index is 0.0192. The molecule has 2 N–H and O–H groups in total. The van der Waals surface area contributed by atoms with E-state index in [1.165, 1.54) is 4.88 Å². The van der Waals surface area contributed by atoms with Crippen molar-refractivity contribution in [2.75, 3.05) is 24.6 Å². The highest BCUT2D eigenvalue weighted by Crippen LogP contribution is 2.19. The first-order valence-electron chi connectivity index (χ1n) is 6.53. The largest absolute Gasteiger partial charge is 0.481 e. The van der Waals surface area contributed by atoms with Gasteiger partial charge in [0.25, 0.3) is 0 Å². The van der Waals surface area contributed by atoms with Gasteiger partial charge in [-0.25, -0.2) is 4.79 Å². The number of nitrogens with zero attached hydrogens (tertiary/aromatic N) is 1. The minimum Gasteiger partial charge on any atom is -0.481 e. The first-order valence-corrected chi connectivity index (χ1v) is 8.56. The summed E-state index contributed by atoms with van der Waals surface area (Å²) in [5.74, 6) is 0.716. The van der Waals surface area contributed by atoms with Crippen molar-refractivity contribution in [3.63, 3.8) is 0 Å². The first kappa shape index (κ1) is 15.2. The summed E-state index contributed by atoms with van der Waals surface area (Å²) in [6.45, 7) is 1.20. The van der Waals surface area contributed by atoms with Crippen LogP contribution in [0.4, 0.5) is 4.79 Å². The topological polar surface area (TPSA) is 69.6 Å². The molecule has 0 aromatic carbocycles. The lowest BCUT2D eigenvalue weighted by atomic mass is 10.2. The molecule has 1 aromatic heterocycles. The Hall–Kier alpha value is -1.21. The molecular formula is C13H18N2O3S2. The van der Waals surface area contributed by atoms with Gasteiger partial charge >= 0.3 is 12.0 Å². The van der Waals surface area contributed by atoms with E-state index in [1.807, 2.05) is 17.5 Å². The Labute approximate surface area is 126 Å². The molecule has 1 unspecified atom stereocenters. The second-order valence-electron chi connectivity index (χ2n) is 4.58. The lowest BCUT2D eigenvalue weighted by Crippen LogP contribution is -2.51. The molecule has 1 aliphatic rings. The van der Waals surface area contributed by atoms with E-state index >= 15 is 0 Å². The van der Waals surface area contributed by atoms with Gasteiger partial charge in [0.2, 0.25) is 0 Å². The monoisotopic (exact) mass is 314 g/mol. The van der Waals surface area contributed by atoms with Crippen molar-refractivity contribution in [2.24, 2.45) is 0 Å². The van der Waals surface area contributed by atoms with Gasteiger partial charge in [0.1, 0.15) is 0 Å². The van der Waals surface area contributed by atoms with E-state index in [0.29, 0.717) is 18.8 Å². The third-order valence-corrected chi connectivity index (χ3v) is 5.15. The van der Waals surface area contributed by atoms with Gasteiger partial charge in [-0.2, -0.15) is 11.8 Å². The lowest BCUT2D eigenvalue weighted by molar-refractivity contribution is -0.137. The van der Waals surface area contributed by atoms with Gasteiger partial charge in [-0.3, -0.25) is 4.79 Å². The van der Waals surface area contributed by atoms with Crippen molar-refractivity contribution >= 4 is 35.1 Å². The average molecular weight is 314 g/mol. The maximum absolute atomic E-state index is 12.1. The van der Waals surface area contributed by atoms with E-state index in [2.05, 4.69) is 5.32 Å². The highest BCUT2D eigenvalue weighted by Gasteiger charge is 2.28. The quantitative estimate of drug-likeness (QED) is 0.871. The molecule has 0 aliphatic carbocycles. The van der Waals surface area contributed by atoms with E-state index in [9.17, 15) is 9.59 Å². The average Bonchev–Trinajstić information content (AvgIpc) is 2.91. The smallest absolute Gasteiger partial charge is 0.317 e. The van der Waals surface area contributed by atoms with Crippen LogP contribution in [0.15, 0.2) is 17.5 Å². The van der Waals surface area contributed by atoms with E-state index in [1.54, 1.807) is 28.0 Å². The van der Waals surface area contributed by atoms with Crippen LogP contribution < -0.4 is 5.32 Å². The summed E-state index contributed by atoms with van der Waals surface area (Å²) < 4.78 is 0. The maximum atomic E-state index is 12.1. The third kappa shape index (κ3) is 4.42. The first-order chi connectivity index (χ1) is 9.66. The molecule has 7 heteroatoms. The molecular weight excluding hydrogens is 296 g/mol. The molecule has 2 amide bonds. The fourth-order valence-corrected chi connectivity index (χ4v) is 3.91. The van der Waals surface area contributed by atoms with Crippen LogP contribution in [-0.4, -0.2) is 52.6 Å². The second-order valence-corrected chi connectivity index (χ2v) is 6.76. The van der Waals surface area contributed by atoms with Crippen LogP contribution in [0.1, 0.15) is 11.3 Å². The highest BCUT2D eigenvalue weighted by molar-refractivity contribution is 7.99. The summed E-state index contributed by atoms with van der Waals surface area (Å²) in [4.78, 5) is 25.9. The number of rotatable bonds is 5. The predicted octanol–water partition coefficient (Wildman–Crippen LogP) is 1.89. The van der Waals surface area contributed by atoms with Crippen molar-refractivity contribution in [3.05, 3.63) is 22.4 Å². The van der Waals surface area contributed by atoms with Crippen molar-refractivity contribution in [3.8, 4) is 0 Å². The fourth-order valence-electron chi connectivity index (χ4n) is 2.14. The molecule has 0 spiro atoms. The third-order valence-electron chi connectivity index (χ3n) is 3.13. The predicted molar refractivity (Wildman–Crippen MR) is 81.5 cm³/mol. The molecule has 2 heterocycles. The van der Waals surface area contributed by atoms with Crippen molar-refractivity contribution in [1.82, 2.24) is 10.2 Å². The number of carboxylic acids is 1. The van der Waals surface area contributed by atoms with Gasteiger partial charge in [-0.05, 0) is 17.9 Å². The van der Waals surface area contributed by atoms with E-state index in [4.69, 9.17) is 5.11 Å². The van der Waals surface area contributed by atoms with Gasteiger partial charge in [0, 0.05) is 29.5 Å². The Balaban J connectivity index is 1.81. The van der Waals surface area contributed by atoms with Crippen LogP contribution in [0.3, 0.4) is 0 Å². The molecule has 1 aliphatic heterocycles. The summed E-state index contributed by atoms with van der Waals surface area (Å²) in [5.41, 5.74) is 0. The zero-order valence-electron chi connectivity index (χ0n) is 11.1. The summed E-state index contributed by atoms with van der Waals surface area (Å²) in [6, 6.07) is 3.69. The number of aliphatic carboxylic acids is 1. The lowest BCUT2D eigenvalue weighted by Gasteiger charge is -2.34. The Morgan fingerprint density at radius 2 is 2.35 bits per heavy atom. The summed E-state index contributed by atoms with van der Waals surface area (Å²) in [7, 11) is 0. The standard InChI is InChI=1S/C13H18N2O3S2/c16-12(17)8-10-9-19-7-5-15(10)13(18)14-4-3-11-2-1-6-20-11/h1-2,6,10H,3-5,7-9H2,(H,14,18)(H,16,17). The number of nitrogens with one attached hydrogen (secondary N) is 1. The van der Waals surface area contributed by atoms with Gasteiger partial charge < -0.3 is 15.3 Å². The van der Waals surface area contributed by atoms with Gasteiger partial charge in [-0.1, -0.05) is 6.07 Å². The zero-order valence-corrected chi connectivity index (χ0v) is 12.7. The minimum atomic E-state index is -0.853. The number of hydrogen-bond acceptors (Lipinski definition) is 4. The molecule has 0 radical (unpaired) electrons. The fraction of sp³-hybridized carbons (Fsp3) is 0.538. The Morgan fingerprint density at radius 3 is 3.05 bits per heavy atom. The van der Waals surface area contributed by atoms with Crippen LogP contribution in [0, 0.1) is 0 Å². The molecule has 2 rings (SSSR count). The molecule has 0 bridgehead atoms. The molecule has 5 nitrogen and oxygen atoms in total. The van der Waals surface area contributed by atoms with Crippen LogP contribution >= 0.6 is 23.1 Å². The zero-order chi connectivity index (χ0) is 14.4. The SMILES string of the molecule is O=C(O)CC1CSCCN1C(=O)NCCc1cccs1. The number of hydrogen-bond donors (Lipinski definition) is 2. The van der Waals surface area contributed by atoms with E-state index < -0.39 is 5.97 Å². The summed E-state index contributed by atoms with van der Waals surface area (Å²) in [6.07, 6.45) is 0.834. The van der Waals surface area contributed by atoms with Crippen molar-refractivity contribution in [1.29, 1.82) is 0 Å². The number of carboxylic acid groups (broad SMARTS) is 1. The van der Waals surface area contributed by atoms with Gasteiger partial charge in [-0.15, -0.1) is 11.3 Å². The molecule has 1 saturated heterocycles. The second kappa shape index (κ2) is 7.54. The Bertz CT molecular complexity index is 450. The number of thiophene rings is 1. The number of carbonyl (C=O) groups is 2. The van der Waals surface area contributed by atoms with Crippen LogP contribution in [-0.2, 0) is 11.2 Å². The van der Waals surface area contributed by atoms with Crippen LogP contribution in [0.25, 0.3) is 0 Å². The van der Waals surface area contributed by atoms with E-state index in [-0.39, 0.29) is 18.5 Å².